The number of rotatable bonds is 5. The lowest BCUT2D eigenvalue weighted by Gasteiger charge is -2.31. The Kier molecular flexibility index (Phi) is 5.08. The van der Waals surface area contributed by atoms with Crippen molar-refractivity contribution >= 4 is 5.69 Å². The van der Waals surface area contributed by atoms with Gasteiger partial charge in [-0.05, 0) is 43.2 Å². The van der Waals surface area contributed by atoms with Gasteiger partial charge in [-0.1, -0.05) is 26.0 Å². The molecule has 1 aliphatic rings. The lowest BCUT2D eigenvalue weighted by atomic mass is 9.80. The van der Waals surface area contributed by atoms with Crippen LogP contribution in [-0.4, -0.2) is 19.3 Å². The molecule has 0 radical (unpaired) electrons. The van der Waals surface area contributed by atoms with E-state index in [9.17, 15) is 0 Å². The van der Waals surface area contributed by atoms with Gasteiger partial charge in [0.05, 0.1) is 18.4 Å². The van der Waals surface area contributed by atoms with Crippen molar-refractivity contribution in [2.45, 2.75) is 39.2 Å². The molecule has 1 aromatic carbocycles. The van der Waals surface area contributed by atoms with Crippen LogP contribution in [0, 0.1) is 11.8 Å². The lowest BCUT2D eigenvalue weighted by Crippen LogP contribution is -2.28. The highest BCUT2D eigenvalue weighted by atomic mass is 16.5. The van der Waals surface area contributed by atoms with E-state index in [1.807, 2.05) is 24.3 Å². The standard InChI is InChI=1S/C16H25NO2/c1-12-7-8-14(11-13(12)2)18-9-10-19-16-6-4-3-5-15(16)17/h3-6,12-14H,7-11,17H2,1-2H3. The van der Waals surface area contributed by atoms with E-state index in [4.69, 9.17) is 15.2 Å². The molecule has 0 heterocycles. The highest BCUT2D eigenvalue weighted by molar-refractivity contribution is 5.51. The average molecular weight is 263 g/mol. The van der Waals surface area contributed by atoms with Gasteiger partial charge in [0.2, 0.25) is 0 Å². The molecule has 3 heteroatoms. The summed E-state index contributed by atoms with van der Waals surface area (Å²) in [5.74, 6) is 2.35. The molecule has 0 amide bonds. The van der Waals surface area contributed by atoms with Crippen LogP contribution in [-0.2, 0) is 4.74 Å². The molecular weight excluding hydrogens is 238 g/mol. The Morgan fingerprint density at radius 1 is 1.11 bits per heavy atom. The van der Waals surface area contributed by atoms with Crippen molar-refractivity contribution in [3.8, 4) is 5.75 Å². The molecule has 0 saturated heterocycles. The van der Waals surface area contributed by atoms with Crippen molar-refractivity contribution in [3.05, 3.63) is 24.3 Å². The Balaban J connectivity index is 1.66. The zero-order chi connectivity index (χ0) is 13.7. The van der Waals surface area contributed by atoms with E-state index in [0.717, 1.165) is 17.6 Å². The molecule has 106 valence electrons. The Morgan fingerprint density at radius 2 is 1.89 bits per heavy atom. The number of anilines is 1. The zero-order valence-electron chi connectivity index (χ0n) is 12.0. The van der Waals surface area contributed by atoms with Gasteiger partial charge in [0.15, 0.2) is 0 Å². The number of benzene rings is 1. The molecule has 0 aliphatic heterocycles. The Labute approximate surface area is 116 Å². The second kappa shape index (κ2) is 6.80. The Bertz CT molecular complexity index is 394. The number of hydrogen-bond donors (Lipinski definition) is 1. The summed E-state index contributed by atoms with van der Waals surface area (Å²) in [6.45, 7) is 5.86. The molecule has 2 rings (SSSR count). The number of nitrogens with two attached hydrogens (primary N) is 1. The topological polar surface area (TPSA) is 44.5 Å². The Hall–Kier alpha value is -1.22. The third-order valence-electron chi connectivity index (χ3n) is 4.16. The smallest absolute Gasteiger partial charge is 0.142 e. The third kappa shape index (κ3) is 4.13. The highest BCUT2D eigenvalue weighted by Crippen LogP contribution is 2.30. The van der Waals surface area contributed by atoms with Crippen LogP contribution >= 0.6 is 0 Å². The predicted octanol–water partition coefficient (Wildman–Crippen LogP) is 3.49. The van der Waals surface area contributed by atoms with E-state index in [-0.39, 0.29) is 0 Å². The number of nitrogen functional groups attached to an aromatic ring is 1. The number of ether oxygens (including phenoxy) is 2. The first-order valence-electron chi connectivity index (χ1n) is 7.25. The van der Waals surface area contributed by atoms with Crippen molar-refractivity contribution in [3.63, 3.8) is 0 Å². The van der Waals surface area contributed by atoms with Gasteiger partial charge < -0.3 is 15.2 Å². The summed E-state index contributed by atoms with van der Waals surface area (Å²) in [4.78, 5) is 0. The summed E-state index contributed by atoms with van der Waals surface area (Å²) in [5.41, 5.74) is 6.50. The van der Waals surface area contributed by atoms with Crippen LogP contribution in [0.4, 0.5) is 5.69 Å². The average Bonchev–Trinajstić information content (AvgIpc) is 2.40. The van der Waals surface area contributed by atoms with Gasteiger partial charge in [-0.2, -0.15) is 0 Å². The molecule has 2 N–H and O–H groups in total. The minimum Gasteiger partial charge on any atom is -0.489 e. The summed E-state index contributed by atoms with van der Waals surface area (Å²) in [7, 11) is 0. The van der Waals surface area contributed by atoms with Crippen molar-refractivity contribution in [1.29, 1.82) is 0 Å². The summed E-state index contributed by atoms with van der Waals surface area (Å²) in [6.07, 6.45) is 4.04. The molecule has 0 bridgehead atoms. The summed E-state index contributed by atoms with van der Waals surface area (Å²) in [6, 6.07) is 7.57. The molecule has 1 fully saturated rings. The molecule has 3 atom stereocenters. The van der Waals surface area contributed by atoms with E-state index in [0.29, 0.717) is 25.0 Å². The van der Waals surface area contributed by atoms with Gasteiger partial charge in [-0.25, -0.2) is 0 Å². The fourth-order valence-electron chi connectivity index (χ4n) is 2.63. The second-order valence-corrected chi connectivity index (χ2v) is 5.65. The fraction of sp³-hybridized carbons (Fsp3) is 0.625. The maximum absolute atomic E-state index is 5.90. The molecule has 1 aromatic rings. The monoisotopic (exact) mass is 263 g/mol. The largest absolute Gasteiger partial charge is 0.489 e. The van der Waals surface area contributed by atoms with Crippen LogP contribution in [0.1, 0.15) is 33.1 Å². The van der Waals surface area contributed by atoms with E-state index in [2.05, 4.69) is 13.8 Å². The SMILES string of the molecule is CC1CCC(OCCOc2ccccc2N)CC1C. The summed E-state index contributed by atoms with van der Waals surface area (Å²) >= 11 is 0. The maximum atomic E-state index is 5.90. The van der Waals surface area contributed by atoms with Crippen LogP contribution < -0.4 is 10.5 Å². The van der Waals surface area contributed by atoms with Gasteiger partial charge in [0.25, 0.3) is 0 Å². The molecule has 3 unspecified atom stereocenters. The van der Waals surface area contributed by atoms with Crippen LogP contribution in [0.5, 0.6) is 5.75 Å². The van der Waals surface area contributed by atoms with Crippen LogP contribution in [0.3, 0.4) is 0 Å². The van der Waals surface area contributed by atoms with Gasteiger partial charge in [-0.15, -0.1) is 0 Å². The van der Waals surface area contributed by atoms with Gasteiger partial charge in [-0.3, -0.25) is 0 Å². The maximum Gasteiger partial charge on any atom is 0.142 e. The Morgan fingerprint density at radius 3 is 2.63 bits per heavy atom. The molecule has 1 saturated carbocycles. The minimum absolute atomic E-state index is 0.405. The fourth-order valence-corrected chi connectivity index (χ4v) is 2.63. The normalized spacial score (nSPS) is 27.2. The first-order chi connectivity index (χ1) is 9.16. The summed E-state index contributed by atoms with van der Waals surface area (Å²) < 4.78 is 11.5. The second-order valence-electron chi connectivity index (χ2n) is 5.65. The van der Waals surface area contributed by atoms with Gasteiger partial charge in [0, 0.05) is 0 Å². The van der Waals surface area contributed by atoms with Crippen molar-refractivity contribution < 1.29 is 9.47 Å². The molecule has 3 nitrogen and oxygen atoms in total. The van der Waals surface area contributed by atoms with Crippen LogP contribution in [0.2, 0.25) is 0 Å². The summed E-state index contributed by atoms with van der Waals surface area (Å²) in [5, 5.41) is 0. The number of hydrogen-bond acceptors (Lipinski definition) is 3. The highest BCUT2D eigenvalue weighted by Gasteiger charge is 2.24. The first kappa shape index (κ1) is 14.2. The predicted molar refractivity (Wildman–Crippen MR) is 78.3 cm³/mol. The van der Waals surface area contributed by atoms with E-state index in [1.54, 1.807) is 0 Å². The minimum atomic E-state index is 0.405. The van der Waals surface area contributed by atoms with Crippen molar-refractivity contribution in [1.82, 2.24) is 0 Å². The molecule has 1 aliphatic carbocycles. The van der Waals surface area contributed by atoms with Crippen LogP contribution in [0.15, 0.2) is 24.3 Å². The van der Waals surface area contributed by atoms with Crippen molar-refractivity contribution in [2.75, 3.05) is 18.9 Å². The zero-order valence-corrected chi connectivity index (χ0v) is 12.0. The van der Waals surface area contributed by atoms with Crippen molar-refractivity contribution in [2.24, 2.45) is 11.8 Å². The van der Waals surface area contributed by atoms with E-state index < -0.39 is 0 Å². The van der Waals surface area contributed by atoms with Gasteiger partial charge in [0.1, 0.15) is 12.4 Å². The lowest BCUT2D eigenvalue weighted by molar-refractivity contribution is -0.00900. The van der Waals surface area contributed by atoms with Crippen LogP contribution in [0.25, 0.3) is 0 Å². The molecular formula is C16H25NO2. The van der Waals surface area contributed by atoms with E-state index in [1.165, 1.54) is 19.3 Å². The molecule has 19 heavy (non-hydrogen) atoms. The third-order valence-corrected chi connectivity index (χ3v) is 4.16. The quantitative estimate of drug-likeness (QED) is 0.653. The van der Waals surface area contributed by atoms with E-state index >= 15 is 0 Å². The first-order valence-corrected chi connectivity index (χ1v) is 7.25. The molecule has 0 aromatic heterocycles. The number of para-hydroxylation sites is 2. The molecule has 0 spiro atoms. The van der Waals surface area contributed by atoms with Gasteiger partial charge >= 0.3 is 0 Å².